The summed E-state index contributed by atoms with van der Waals surface area (Å²) >= 11 is 0. The molecule has 1 fully saturated rings. The third-order valence-corrected chi connectivity index (χ3v) is 2.22. The smallest absolute Gasteiger partial charge is 0.184 e. The summed E-state index contributed by atoms with van der Waals surface area (Å²) in [6.07, 6.45) is 1.13. The van der Waals surface area contributed by atoms with Crippen LogP contribution in [0.4, 0.5) is 0 Å². The Hall–Kier alpha value is -0.860. The fourth-order valence-corrected chi connectivity index (χ4v) is 1.44. The zero-order valence-electron chi connectivity index (χ0n) is 7.77. The van der Waals surface area contributed by atoms with Crippen LogP contribution in [0.1, 0.15) is 25.2 Å². The van der Waals surface area contributed by atoms with E-state index < -0.39 is 0 Å². The zero-order valence-corrected chi connectivity index (χ0v) is 7.77. The fourth-order valence-electron chi connectivity index (χ4n) is 1.44. The van der Waals surface area contributed by atoms with Crippen LogP contribution in [0.5, 0.6) is 0 Å². The highest BCUT2D eigenvalue weighted by molar-refractivity contribution is 5.16. The van der Waals surface area contributed by atoms with Crippen molar-refractivity contribution in [3.8, 4) is 0 Å². The Labute approximate surface area is 78.5 Å². The van der Waals surface area contributed by atoms with Crippen molar-refractivity contribution in [3.05, 3.63) is 35.9 Å². The molecule has 0 amide bonds. The van der Waals surface area contributed by atoms with Crippen LogP contribution in [0.3, 0.4) is 0 Å². The molecular formula is C11H14O2. The molecule has 0 radical (unpaired) electrons. The van der Waals surface area contributed by atoms with E-state index in [1.807, 2.05) is 30.3 Å². The van der Waals surface area contributed by atoms with Crippen molar-refractivity contribution in [2.24, 2.45) is 0 Å². The van der Waals surface area contributed by atoms with Gasteiger partial charge in [0, 0.05) is 5.56 Å². The number of hydrogen-bond donors (Lipinski definition) is 0. The summed E-state index contributed by atoms with van der Waals surface area (Å²) in [6.45, 7) is 2.87. The molecule has 2 heteroatoms. The molecule has 13 heavy (non-hydrogen) atoms. The van der Waals surface area contributed by atoms with Crippen LogP contribution in [0.25, 0.3) is 0 Å². The minimum absolute atomic E-state index is 0.162. The monoisotopic (exact) mass is 178 g/mol. The van der Waals surface area contributed by atoms with Gasteiger partial charge in [0.05, 0.1) is 12.7 Å². The molecule has 0 aliphatic carbocycles. The van der Waals surface area contributed by atoms with E-state index in [9.17, 15) is 0 Å². The highest BCUT2D eigenvalue weighted by Crippen LogP contribution is 2.25. The molecule has 0 N–H and O–H groups in total. The van der Waals surface area contributed by atoms with E-state index in [-0.39, 0.29) is 6.29 Å². The van der Waals surface area contributed by atoms with Crippen molar-refractivity contribution >= 4 is 0 Å². The summed E-state index contributed by atoms with van der Waals surface area (Å²) in [5, 5.41) is 0. The van der Waals surface area contributed by atoms with E-state index >= 15 is 0 Å². The Morgan fingerprint density at radius 1 is 1.23 bits per heavy atom. The summed E-state index contributed by atoms with van der Waals surface area (Å²) in [7, 11) is 0. The number of hydrogen-bond acceptors (Lipinski definition) is 2. The molecular weight excluding hydrogens is 164 g/mol. The van der Waals surface area contributed by atoms with E-state index in [1.165, 1.54) is 0 Å². The molecule has 2 atom stereocenters. The first-order valence-corrected chi connectivity index (χ1v) is 4.68. The standard InChI is InChI=1S/C11H14O2/c1-9-7-8-12-11(13-9)10-5-3-2-4-6-10/h2-6,9,11H,7-8H2,1H3/t9-,11-/m1/s1. The van der Waals surface area contributed by atoms with Gasteiger partial charge in [0.25, 0.3) is 0 Å². The second-order valence-electron chi connectivity index (χ2n) is 3.35. The van der Waals surface area contributed by atoms with Crippen LogP contribution in [-0.2, 0) is 9.47 Å². The molecule has 1 aliphatic heterocycles. The lowest BCUT2D eigenvalue weighted by Gasteiger charge is -2.28. The van der Waals surface area contributed by atoms with Gasteiger partial charge < -0.3 is 9.47 Å². The molecule has 1 aliphatic rings. The summed E-state index contributed by atoms with van der Waals surface area (Å²) in [6, 6.07) is 10.1. The van der Waals surface area contributed by atoms with Gasteiger partial charge in [0.15, 0.2) is 6.29 Å². The summed E-state index contributed by atoms with van der Waals surface area (Å²) < 4.78 is 11.2. The Balaban J connectivity index is 2.08. The van der Waals surface area contributed by atoms with Gasteiger partial charge in [0.1, 0.15) is 0 Å². The predicted molar refractivity (Wildman–Crippen MR) is 50.3 cm³/mol. The van der Waals surface area contributed by atoms with Gasteiger partial charge in [-0.1, -0.05) is 30.3 Å². The van der Waals surface area contributed by atoms with Gasteiger partial charge in [-0.05, 0) is 13.3 Å². The molecule has 2 nitrogen and oxygen atoms in total. The minimum atomic E-state index is -0.162. The maximum atomic E-state index is 5.65. The van der Waals surface area contributed by atoms with Crippen molar-refractivity contribution in [3.63, 3.8) is 0 Å². The van der Waals surface area contributed by atoms with Gasteiger partial charge in [0.2, 0.25) is 0 Å². The highest BCUT2D eigenvalue weighted by Gasteiger charge is 2.20. The first kappa shape index (κ1) is 8.73. The van der Waals surface area contributed by atoms with E-state index in [4.69, 9.17) is 9.47 Å². The molecule has 0 bridgehead atoms. The third kappa shape index (κ3) is 2.08. The van der Waals surface area contributed by atoms with Crippen molar-refractivity contribution in [2.45, 2.75) is 25.7 Å². The molecule has 1 aromatic rings. The average Bonchev–Trinajstić information content (AvgIpc) is 2.19. The molecule has 0 aromatic heterocycles. The molecule has 1 aromatic carbocycles. The van der Waals surface area contributed by atoms with Crippen LogP contribution in [-0.4, -0.2) is 12.7 Å². The van der Waals surface area contributed by atoms with Gasteiger partial charge >= 0.3 is 0 Å². The molecule has 1 saturated heterocycles. The lowest BCUT2D eigenvalue weighted by atomic mass is 10.2. The van der Waals surface area contributed by atoms with Crippen molar-refractivity contribution in [1.29, 1.82) is 0 Å². The first-order valence-electron chi connectivity index (χ1n) is 4.68. The quantitative estimate of drug-likeness (QED) is 0.657. The SMILES string of the molecule is C[C@@H]1CCO[C@@H](c2ccccc2)O1. The second-order valence-corrected chi connectivity index (χ2v) is 3.35. The Bertz CT molecular complexity index is 258. The van der Waals surface area contributed by atoms with Crippen LogP contribution in [0.15, 0.2) is 30.3 Å². The molecule has 0 unspecified atom stereocenters. The third-order valence-electron chi connectivity index (χ3n) is 2.22. The van der Waals surface area contributed by atoms with Crippen molar-refractivity contribution in [2.75, 3.05) is 6.61 Å². The second kappa shape index (κ2) is 3.90. The average molecular weight is 178 g/mol. The number of ether oxygens (including phenoxy) is 2. The van der Waals surface area contributed by atoms with E-state index in [2.05, 4.69) is 6.92 Å². The van der Waals surface area contributed by atoms with Crippen LogP contribution < -0.4 is 0 Å². The largest absolute Gasteiger partial charge is 0.348 e. The summed E-state index contributed by atoms with van der Waals surface area (Å²) in [5.41, 5.74) is 1.11. The first-order chi connectivity index (χ1) is 6.36. The number of rotatable bonds is 1. The van der Waals surface area contributed by atoms with E-state index in [1.54, 1.807) is 0 Å². The van der Waals surface area contributed by atoms with Crippen LogP contribution in [0.2, 0.25) is 0 Å². The molecule has 2 rings (SSSR count). The summed E-state index contributed by atoms with van der Waals surface area (Å²) in [5.74, 6) is 0. The lowest BCUT2D eigenvalue weighted by molar-refractivity contribution is -0.212. The van der Waals surface area contributed by atoms with E-state index in [0.717, 1.165) is 18.6 Å². The minimum Gasteiger partial charge on any atom is -0.348 e. The fraction of sp³-hybridized carbons (Fsp3) is 0.455. The van der Waals surface area contributed by atoms with Gasteiger partial charge in [-0.3, -0.25) is 0 Å². The van der Waals surface area contributed by atoms with Crippen molar-refractivity contribution in [1.82, 2.24) is 0 Å². The maximum Gasteiger partial charge on any atom is 0.184 e. The molecule has 1 heterocycles. The normalized spacial score (nSPS) is 28.7. The van der Waals surface area contributed by atoms with Gasteiger partial charge in [-0.15, -0.1) is 0 Å². The molecule has 0 saturated carbocycles. The van der Waals surface area contributed by atoms with Crippen LogP contribution >= 0.6 is 0 Å². The van der Waals surface area contributed by atoms with E-state index in [0.29, 0.717) is 6.10 Å². The Morgan fingerprint density at radius 3 is 2.69 bits per heavy atom. The maximum absolute atomic E-state index is 5.65. The lowest BCUT2D eigenvalue weighted by Crippen LogP contribution is -2.24. The molecule has 0 spiro atoms. The van der Waals surface area contributed by atoms with Crippen LogP contribution in [0, 0.1) is 0 Å². The van der Waals surface area contributed by atoms with Gasteiger partial charge in [-0.2, -0.15) is 0 Å². The van der Waals surface area contributed by atoms with Gasteiger partial charge in [-0.25, -0.2) is 0 Å². The van der Waals surface area contributed by atoms with Crippen molar-refractivity contribution < 1.29 is 9.47 Å². The molecule has 70 valence electrons. The Morgan fingerprint density at radius 2 is 2.00 bits per heavy atom. The summed E-state index contributed by atoms with van der Waals surface area (Å²) in [4.78, 5) is 0. The highest BCUT2D eigenvalue weighted by atomic mass is 16.7. The topological polar surface area (TPSA) is 18.5 Å². The Kier molecular flexibility index (Phi) is 2.62. The zero-order chi connectivity index (χ0) is 9.10. The number of benzene rings is 1. The predicted octanol–water partition coefficient (Wildman–Crippen LogP) is 2.51.